The first-order valence-corrected chi connectivity index (χ1v) is 13.5. The molecule has 1 N–H and O–H groups in total. The summed E-state index contributed by atoms with van der Waals surface area (Å²) in [6, 6.07) is 8.99. The van der Waals surface area contributed by atoms with E-state index in [1.807, 2.05) is 34.7 Å². The summed E-state index contributed by atoms with van der Waals surface area (Å²) in [7, 11) is -4.17. The molecule has 1 aliphatic carbocycles. The molecule has 186 valence electrons. The molecule has 10 nitrogen and oxygen atoms in total. The molecule has 1 amide bonds. The van der Waals surface area contributed by atoms with Gasteiger partial charge < -0.3 is 14.2 Å². The molecule has 1 saturated carbocycles. The molecule has 35 heavy (non-hydrogen) atoms. The summed E-state index contributed by atoms with van der Waals surface area (Å²) in [5, 5.41) is 11.7. The van der Waals surface area contributed by atoms with Crippen molar-refractivity contribution in [3.63, 3.8) is 0 Å². The van der Waals surface area contributed by atoms with Crippen LogP contribution in [0.3, 0.4) is 0 Å². The molecule has 0 radical (unpaired) electrons. The van der Waals surface area contributed by atoms with Crippen LogP contribution in [0, 0.1) is 19.8 Å². The number of anilines is 1. The number of aryl methyl sites for hydroxylation is 2. The van der Waals surface area contributed by atoms with E-state index in [1.165, 1.54) is 32.8 Å². The van der Waals surface area contributed by atoms with Crippen LogP contribution in [0.25, 0.3) is 0 Å². The Morgan fingerprint density at radius 3 is 2.60 bits per heavy atom. The van der Waals surface area contributed by atoms with E-state index < -0.39 is 15.9 Å². The van der Waals surface area contributed by atoms with Crippen molar-refractivity contribution < 1.29 is 22.5 Å². The summed E-state index contributed by atoms with van der Waals surface area (Å²) in [5.41, 5.74) is 1.03. The van der Waals surface area contributed by atoms with Crippen LogP contribution in [-0.4, -0.2) is 42.8 Å². The Morgan fingerprint density at radius 2 is 2.00 bits per heavy atom. The fourth-order valence-electron chi connectivity index (χ4n) is 3.56. The SMILES string of the molecule is CCN(Cc1cc(Br)ccc1OCC1CC1)c1ccc(C(=O)NS(=O)(=O)c2c(C)noc2C)nn1. The van der Waals surface area contributed by atoms with Crippen molar-refractivity contribution in [2.45, 2.75) is 45.1 Å². The number of hydrogen-bond acceptors (Lipinski definition) is 9. The van der Waals surface area contributed by atoms with Gasteiger partial charge in [0.15, 0.2) is 22.2 Å². The largest absolute Gasteiger partial charge is 0.493 e. The minimum atomic E-state index is -4.17. The number of hydrogen-bond donors (Lipinski definition) is 1. The fraction of sp³-hybridized carbons (Fsp3) is 0.391. The zero-order chi connectivity index (χ0) is 25.2. The normalized spacial score (nSPS) is 13.5. The minimum Gasteiger partial charge on any atom is -0.493 e. The third kappa shape index (κ3) is 5.99. The molecule has 3 aromatic rings. The highest BCUT2D eigenvalue weighted by Gasteiger charge is 2.27. The Morgan fingerprint density at radius 1 is 1.23 bits per heavy atom. The van der Waals surface area contributed by atoms with Crippen LogP contribution in [0.5, 0.6) is 5.75 Å². The van der Waals surface area contributed by atoms with E-state index in [2.05, 4.69) is 31.3 Å². The molecule has 2 aromatic heterocycles. The van der Waals surface area contributed by atoms with Gasteiger partial charge in [-0.1, -0.05) is 21.1 Å². The number of rotatable bonds is 10. The van der Waals surface area contributed by atoms with Gasteiger partial charge in [0.1, 0.15) is 11.4 Å². The average molecular weight is 564 g/mol. The molecule has 1 aromatic carbocycles. The third-order valence-corrected chi connectivity index (χ3v) is 7.68. The molecular weight excluding hydrogens is 538 g/mol. The summed E-state index contributed by atoms with van der Waals surface area (Å²) >= 11 is 3.52. The Balaban J connectivity index is 1.47. The van der Waals surface area contributed by atoms with Gasteiger partial charge in [-0.3, -0.25) is 4.79 Å². The summed E-state index contributed by atoms with van der Waals surface area (Å²) < 4.78 is 39.1. The number of nitrogens with one attached hydrogen (secondary N) is 1. The zero-order valence-corrected chi connectivity index (χ0v) is 22.0. The summed E-state index contributed by atoms with van der Waals surface area (Å²) in [6.45, 7) is 6.80. The van der Waals surface area contributed by atoms with Crippen molar-refractivity contribution >= 4 is 37.7 Å². The lowest BCUT2D eigenvalue weighted by Crippen LogP contribution is -2.32. The van der Waals surface area contributed by atoms with Crippen molar-refractivity contribution in [3.05, 3.63) is 57.5 Å². The van der Waals surface area contributed by atoms with Gasteiger partial charge in [0.05, 0.1) is 6.61 Å². The lowest BCUT2D eigenvalue weighted by molar-refractivity contribution is 0.0975. The lowest BCUT2D eigenvalue weighted by atomic mass is 10.2. The van der Waals surface area contributed by atoms with Crippen molar-refractivity contribution in [1.82, 2.24) is 20.1 Å². The molecule has 1 aliphatic rings. The Hall–Kier alpha value is -2.99. The molecule has 1 fully saturated rings. The highest BCUT2D eigenvalue weighted by molar-refractivity contribution is 9.10. The molecule has 0 saturated heterocycles. The van der Waals surface area contributed by atoms with Crippen LogP contribution >= 0.6 is 15.9 Å². The van der Waals surface area contributed by atoms with Gasteiger partial charge in [-0.05, 0) is 69.9 Å². The lowest BCUT2D eigenvalue weighted by Gasteiger charge is -2.23. The number of benzene rings is 1. The Bertz CT molecular complexity index is 1300. The van der Waals surface area contributed by atoms with Gasteiger partial charge in [-0.25, -0.2) is 13.1 Å². The van der Waals surface area contributed by atoms with Crippen LogP contribution in [0.4, 0.5) is 5.82 Å². The Labute approximate surface area is 212 Å². The second kappa shape index (κ2) is 10.3. The molecular formula is C23H26BrN5O5S. The van der Waals surface area contributed by atoms with Crippen LogP contribution in [0.2, 0.25) is 0 Å². The summed E-state index contributed by atoms with van der Waals surface area (Å²) in [6.07, 6.45) is 2.42. The van der Waals surface area contributed by atoms with Gasteiger partial charge in [0.2, 0.25) is 0 Å². The van der Waals surface area contributed by atoms with Gasteiger partial charge in [0, 0.05) is 23.1 Å². The van der Waals surface area contributed by atoms with E-state index in [9.17, 15) is 13.2 Å². The zero-order valence-electron chi connectivity index (χ0n) is 19.6. The van der Waals surface area contributed by atoms with Gasteiger partial charge >= 0.3 is 0 Å². The van der Waals surface area contributed by atoms with E-state index in [1.54, 1.807) is 6.07 Å². The number of nitrogens with zero attached hydrogens (tertiary/aromatic N) is 4. The van der Waals surface area contributed by atoms with E-state index in [-0.39, 0.29) is 22.0 Å². The summed E-state index contributed by atoms with van der Waals surface area (Å²) in [4.78, 5) is 14.4. The standard InChI is InChI=1S/C23H26BrN5O5S/c1-4-29(12-17-11-18(24)7-9-20(17)33-13-16-5-6-16)21-10-8-19(25-26-21)23(30)28-35(31,32)22-14(2)27-34-15(22)3/h7-11,16H,4-6,12-13H2,1-3H3,(H,28,30). The van der Waals surface area contributed by atoms with Crippen molar-refractivity contribution in [3.8, 4) is 5.75 Å². The number of aromatic nitrogens is 3. The predicted octanol–water partition coefficient (Wildman–Crippen LogP) is 3.78. The molecule has 4 rings (SSSR count). The maximum atomic E-state index is 12.6. The van der Waals surface area contributed by atoms with Crippen LogP contribution < -0.4 is 14.4 Å². The highest BCUT2D eigenvalue weighted by Crippen LogP contribution is 2.32. The van der Waals surface area contributed by atoms with Crippen LogP contribution in [-0.2, 0) is 16.6 Å². The monoisotopic (exact) mass is 563 g/mol. The summed E-state index contributed by atoms with van der Waals surface area (Å²) in [5.74, 6) is 1.21. The van der Waals surface area contributed by atoms with E-state index >= 15 is 0 Å². The number of carbonyl (C=O) groups is 1. The second-order valence-corrected chi connectivity index (χ2v) is 10.9. The first-order valence-electron chi connectivity index (χ1n) is 11.2. The molecule has 0 bridgehead atoms. The third-order valence-electron chi connectivity index (χ3n) is 5.61. The number of amides is 1. The quantitative estimate of drug-likeness (QED) is 0.391. The number of ether oxygens (including phenoxy) is 1. The second-order valence-electron chi connectivity index (χ2n) is 8.39. The van der Waals surface area contributed by atoms with E-state index in [0.717, 1.165) is 15.8 Å². The topological polar surface area (TPSA) is 128 Å². The van der Waals surface area contributed by atoms with E-state index in [0.29, 0.717) is 31.4 Å². The van der Waals surface area contributed by atoms with E-state index in [4.69, 9.17) is 9.26 Å². The smallest absolute Gasteiger partial charge is 0.285 e. The minimum absolute atomic E-state index is 0.0934. The average Bonchev–Trinajstić information content (AvgIpc) is 3.58. The maximum absolute atomic E-state index is 12.6. The molecule has 0 spiro atoms. The van der Waals surface area contributed by atoms with Gasteiger partial charge in [0.25, 0.3) is 15.9 Å². The van der Waals surface area contributed by atoms with Crippen LogP contribution in [0.1, 0.15) is 47.3 Å². The molecule has 0 aliphatic heterocycles. The van der Waals surface area contributed by atoms with Crippen LogP contribution in [0.15, 0.2) is 44.2 Å². The number of carbonyl (C=O) groups excluding carboxylic acids is 1. The highest BCUT2D eigenvalue weighted by atomic mass is 79.9. The van der Waals surface area contributed by atoms with Gasteiger partial charge in [-0.2, -0.15) is 0 Å². The first kappa shape index (κ1) is 25.1. The molecule has 0 unspecified atom stereocenters. The predicted molar refractivity (Wildman–Crippen MR) is 132 cm³/mol. The number of sulfonamides is 1. The molecule has 2 heterocycles. The van der Waals surface area contributed by atoms with Crippen molar-refractivity contribution in [1.29, 1.82) is 0 Å². The van der Waals surface area contributed by atoms with Crippen molar-refractivity contribution in [2.75, 3.05) is 18.1 Å². The molecule has 0 atom stereocenters. The first-order chi connectivity index (χ1) is 16.7. The maximum Gasteiger partial charge on any atom is 0.285 e. The fourth-order valence-corrected chi connectivity index (χ4v) is 5.26. The van der Waals surface area contributed by atoms with Crippen molar-refractivity contribution in [2.24, 2.45) is 5.92 Å². The van der Waals surface area contributed by atoms with Gasteiger partial charge in [-0.15, -0.1) is 10.2 Å². The Kier molecular flexibility index (Phi) is 7.41. The molecule has 12 heteroatoms. The number of halogens is 1.